The lowest BCUT2D eigenvalue weighted by Crippen LogP contribution is -2.09. The van der Waals surface area contributed by atoms with E-state index in [1.807, 2.05) is 70.2 Å². The van der Waals surface area contributed by atoms with E-state index in [0.29, 0.717) is 11.6 Å². The molecule has 0 spiro atoms. The highest BCUT2D eigenvalue weighted by Gasteiger charge is 2.25. The lowest BCUT2D eigenvalue weighted by Gasteiger charge is -2.19. The van der Waals surface area contributed by atoms with E-state index in [9.17, 15) is 9.59 Å². The number of hydrogen-bond acceptors (Lipinski definition) is 5. The molecular formula is C24H25NO4. The molecule has 0 saturated carbocycles. The molecule has 0 bridgehead atoms. The molecule has 0 fully saturated rings. The molecule has 2 aromatic rings. The van der Waals surface area contributed by atoms with Gasteiger partial charge in [-0.15, -0.1) is 0 Å². The molecule has 0 aliphatic carbocycles. The number of ether oxygens (including phenoxy) is 2. The van der Waals surface area contributed by atoms with Gasteiger partial charge in [-0.25, -0.2) is 9.79 Å². The van der Waals surface area contributed by atoms with Gasteiger partial charge in [0.25, 0.3) is 0 Å². The van der Waals surface area contributed by atoms with Crippen LogP contribution in [0.1, 0.15) is 68.7 Å². The topological polar surface area (TPSA) is 65.0 Å². The zero-order valence-corrected chi connectivity index (χ0v) is 17.4. The second-order valence-electron chi connectivity index (χ2n) is 7.63. The van der Waals surface area contributed by atoms with Crippen LogP contribution in [0.5, 0.6) is 5.75 Å². The Morgan fingerprint density at radius 1 is 1.03 bits per heavy atom. The van der Waals surface area contributed by atoms with Gasteiger partial charge >= 0.3 is 11.9 Å². The highest BCUT2D eigenvalue weighted by Crippen LogP contribution is 2.37. The molecule has 150 valence electrons. The van der Waals surface area contributed by atoms with E-state index >= 15 is 0 Å². The average molecular weight is 391 g/mol. The minimum atomic E-state index is -0.481. The average Bonchev–Trinajstić information content (AvgIpc) is 3.03. The quantitative estimate of drug-likeness (QED) is 0.399. The predicted molar refractivity (Wildman–Crippen MR) is 113 cm³/mol. The van der Waals surface area contributed by atoms with E-state index in [-0.39, 0.29) is 23.5 Å². The van der Waals surface area contributed by atoms with Gasteiger partial charge in [0.05, 0.1) is 0 Å². The Labute approximate surface area is 171 Å². The highest BCUT2D eigenvalue weighted by atomic mass is 16.6. The summed E-state index contributed by atoms with van der Waals surface area (Å²) in [6, 6.07) is 13.2. The molecule has 0 N–H and O–H groups in total. The van der Waals surface area contributed by atoms with Gasteiger partial charge in [-0.3, -0.25) is 4.79 Å². The minimum Gasteiger partial charge on any atom is -0.426 e. The first-order valence-corrected chi connectivity index (χ1v) is 9.70. The normalized spacial score (nSPS) is 15.1. The van der Waals surface area contributed by atoms with Crippen molar-refractivity contribution in [2.75, 3.05) is 0 Å². The molecule has 1 aliphatic rings. The molecule has 5 heteroatoms. The third-order valence-corrected chi connectivity index (χ3v) is 4.60. The second kappa shape index (κ2) is 8.43. The third-order valence-electron chi connectivity index (χ3n) is 4.60. The monoisotopic (exact) mass is 391 g/mol. The molecule has 2 aromatic carbocycles. The Bertz CT molecular complexity index is 972. The van der Waals surface area contributed by atoms with E-state index in [1.54, 1.807) is 6.08 Å². The fourth-order valence-corrected chi connectivity index (χ4v) is 3.17. The molecule has 5 nitrogen and oxygen atoms in total. The Hall–Kier alpha value is -3.21. The Morgan fingerprint density at radius 2 is 1.62 bits per heavy atom. The molecule has 1 heterocycles. The molecule has 0 saturated heterocycles. The van der Waals surface area contributed by atoms with Crippen LogP contribution < -0.4 is 4.74 Å². The van der Waals surface area contributed by atoms with Gasteiger partial charge in [-0.2, -0.15) is 0 Å². The first-order chi connectivity index (χ1) is 13.8. The van der Waals surface area contributed by atoms with Crippen LogP contribution in [0.25, 0.3) is 6.08 Å². The number of esters is 2. The summed E-state index contributed by atoms with van der Waals surface area (Å²) in [4.78, 5) is 28.3. The summed E-state index contributed by atoms with van der Waals surface area (Å²) in [6.07, 6.45) is 1.72. The number of rotatable bonds is 5. The number of aliphatic imine (C=N–C) groups is 1. The molecule has 0 amide bonds. The zero-order valence-electron chi connectivity index (χ0n) is 17.4. The molecule has 3 rings (SSSR count). The molecule has 29 heavy (non-hydrogen) atoms. The first-order valence-electron chi connectivity index (χ1n) is 9.70. The standard InChI is InChI=1S/C24H25NO4/c1-14(2)19-11-17(12-20(15(3)4)22(19)28-16(5)26)13-21-24(27)29-23(25-21)18-9-7-6-8-10-18/h6-15H,1-5H3. The number of benzene rings is 2. The first kappa shape index (κ1) is 20.5. The Kier molecular flexibility index (Phi) is 5.97. The molecule has 1 aliphatic heterocycles. The highest BCUT2D eigenvalue weighted by molar-refractivity contribution is 6.12. The lowest BCUT2D eigenvalue weighted by molar-refractivity contribution is -0.132. The van der Waals surface area contributed by atoms with Gasteiger partial charge in [0.2, 0.25) is 5.90 Å². The number of hydrogen-bond donors (Lipinski definition) is 0. The van der Waals surface area contributed by atoms with E-state index in [2.05, 4.69) is 4.99 Å². The van der Waals surface area contributed by atoms with Crippen LogP contribution >= 0.6 is 0 Å². The van der Waals surface area contributed by atoms with Crippen molar-refractivity contribution in [3.63, 3.8) is 0 Å². The summed E-state index contributed by atoms with van der Waals surface area (Å²) in [5.41, 5.74) is 3.64. The maximum Gasteiger partial charge on any atom is 0.363 e. The Balaban J connectivity index is 2.08. The van der Waals surface area contributed by atoms with Crippen molar-refractivity contribution in [3.05, 3.63) is 70.4 Å². The summed E-state index contributed by atoms with van der Waals surface area (Å²) in [6.45, 7) is 9.56. The van der Waals surface area contributed by atoms with Crippen LogP contribution in [0.2, 0.25) is 0 Å². The lowest BCUT2D eigenvalue weighted by atomic mass is 9.91. The van der Waals surface area contributed by atoms with Crippen molar-refractivity contribution in [1.29, 1.82) is 0 Å². The smallest absolute Gasteiger partial charge is 0.363 e. The van der Waals surface area contributed by atoms with Crippen molar-refractivity contribution in [2.45, 2.75) is 46.5 Å². The molecular weight excluding hydrogens is 366 g/mol. The maximum absolute atomic E-state index is 12.3. The van der Waals surface area contributed by atoms with Gasteiger partial charge < -0.3 is 9.47 Å². The van der Waals surface area contributed by atoms with Crippen LogP contribution in [0.4, 0.5) is 0 Å². The van der Waals surface area contributed by atoms with Crippen molar-refractivity contribution >= 4 is 23.9 Å². The Morgan fingerprint density at radius 3 is 2.14 bits per heavy atom. The van der Waals surface area contributed by atoms with E-state index < -0.39 is 5.97 Å². The number of carbonyl (C=O) groups excluding carboxylic acids is 2. The molecule has 0 radical (unpaired) electrons. The maximum atomic E-state index is 12.3. The SMILES string of the molecule is CC(=O)Oc1c(C(C)C)cc(C=C2N=C(c3ccccc3)OC2=O)cc1C(C)C. The molecule has 0 aromatic heterocycles. The van der Waals surface area contributed by atoms with Gasteiger partial charge in [-0.05, 0) is 58.9 Å². The summed E-state index contributed by atoms with van der Waals surface area (Å²) < 4.78 is 10.9. The minimum absolute atomic E-state index is 0.138. The fraction of sp³-hybridized carbons (Fsp3) is 0.292. The molecule has 0 unspecified atom stereocenters. The number of nitrogens with zero attached hydrogens (tertiary/aromatic N) is 1. The molecule has 0 atom stereocenters. The van der Waals surface area contributed by atoms with E-state index in [4.69, 9.17) is 9.47 Å². The van der Waals surface area contributed by atoms with Crippen LogP contribution in [-0.4, -0.2) is 17.8 Å². The van der Waals surface area contributed by atoms with Gasteiger partial charge in [-0.1, -0.05) is 45.9 Å². The predicted octanol–water partition coefficient (Wildman–Crippen LogP) is 5.20. The summed E-state index contributed by atoms with van der Waals surface area (Å²) >= 11 is 0. The zero-order chi connectivity index (χ0) is 21.1. The van der Waals surface area contributed by atoms with Gasteiger partial charge in [0, 0.05) is 12.5 Å². The largest absolute Gasteiger partial charge is 0.426 e. The van der Waals surface area contributed by atoms with Gasteiger partial charge in [0.1, 0.15) is 5.75 Å². The van der Waals surface area contributed by atoms with Crippen molar-refractivity contribution in [1.82, 2.24) is 0 Å². The van der Waals surface area contributed by atoms with Crippen LogP contribution in [0.15, 0.2) is 53.2 Å². The van der Waals surface area contributed by atoms with E-state index in [1.165, 1.54) is 6.92 Å². The van der Waals surface area contributed by atoms with Crippen LogP contribution in [0.3, 0.4) is 0 Å². The summed E-state index contributed by atoms with van der Waals surface area (Å²) in [5, 5.41) is 0. The summed E-state index contributed by atoms with van der Waals surface area (Å²) in [7, 11) is 0. The van der Waals surface area contributed by atoms with E-state index in [0.717, 1.165) is 22.3 Å². The second-order valence-corrected chi connectivity index (χ2v) is 7.63. The van der Waals surface area contributed by atoms with Crippen molar-refractivity contribution < 1.29 is 19.1 Å². The van der Waals surface area contributed by atoms with Crippen molar-refractivity contribution in [2.24, 2.45) is 4.99 Å². The van der Waals surface area contributed by atoms with Gasteiger partial charge in [0.15, 0.2) is 5.70 Å². The fourth-order valence-electron chi connectivity index (χ4n) is 3.17. The third kappa shape index (κ3) is 4.62. The summed E-state index contributed by atoms with van der Waals surface area (Å²) in [5.74, 6) is 0.346. The van der Waals surface area contributed by atoms with Crippen LogP contribution in [-0.2, 0) is 14.3 Å². The van der Waals surface area contributed by atoms with Crippen molar-refractivity contribution in [3.8, 4) is 5.75 Å². The van der Waals surface area contributed by atoms with Crippen LogP contribution in [0, 0.1) is 0 Å². The number of cyclic esters (lactones) is 1. The number of carbonyl (C=O) groups is 2.